The Morgan fingerprint density at radius 1 is 1.47 bits per heavy atom. The first kappa shape index (κ1) is 8.75. The van der Waals surface area contributed by atoms with Crippen LogP contribution in [0.4, 0.5) is 0 Å². The van der Waals surface area contributed by atoms with E-state index in [4.69, 9.17) is 10.5 Å². The zero-order valence-electron chi connectivity index (χ0n) is 8.05. The molecule has 15 heavy (non-hydrogen) atoms. The Morgan fingerprint density at radius 2 is 2.40 bits per heavy atom. The molecule has 0 spiro atoms. The number of ether oxygens (including phenoxy) is 1. The van der Waals surface area contributed by atoms with Crippen molar-refractivity contribution in [2.75, 3.05) is 6.61 Å². The fraction of sp³-hybridized carbons (Fsp3) is 0.444. The molecule has 0 saturated carbocycles. The SMILES string of the molecule is N[C@H]1CCOC1c1ncc2[nH]cnc2n1. The Balaban J connectivity index is 2.03. The molecule has 0 aromatic carbocycles. The van der Waals surface area contributed by atoms with Crippen LogP contribution >= 0.6 is 0 Å². The van der Waals surface area contributed by atoms with Crippen molar-refractivity contribution in [3.8, 4) is 0 Å². The Kier molecular flexibility index (Phi) is 1.90. The minimum atomic E-state index is -0.189. The van der Waals surface area contributed by atoms with Crippen molar-refractivity contribution < 1.29 is 4.74 Å². The topological polar surface area (TPSA) is 89.7 Å². The van der Waals surface area contributed by atoms with E-state index in [0.717, 1.165) is 11.9 Å². The molecule has 6 heteroatoms. The summed E-state index contributed by atoms with van der Waals surface area (Å²) in [6, 6.07) is -0.0126. The van der Waals surface area contributed by atoms with Crippen molar-refractivity contribution in [1.29, 1.82) is 0 Å². The maximum Gasteiger partial charge on any atom is 0.180 e. The van der Waals surface area contributed by atoms with Gasteiger partial charge in [-0.2, -0.15) is 0 Å². The maximum absolute atomic E-state index is 5.90. The Morgan fingerprint density at radius 3 is 3.20 bits per heavy atom. The van der Waals surface area contributed by atoms with Crippen LogP contribution in [0.2, 0.25) is 0 Å². The number of imidazole rings is 1. The van der Waals surface area contributed by atoms with Crippen molar-refractivity contribution in [1.82, 2.24) is 19.9 Å². The quantitative estimate of drug-likeness (QED) is 0.691. The van der Waals surface area contributed by atoms with Crippen LogP contribution in [0, 0.1) is 0 Å². The van der Waals surface area contributed by atoms with Gasteiger partial charge in [-0.1, -0.05) is 0 Å². The summed E-state index contributed by atoms with van der Waals surface area (Å²) in [5, 5.41) is 0. The van der Waals surface area contributed by atoms with E-state index in [2.05, 4.69) is 19.9 Å². The van der Waals surface area contributed by atoms with Crippen molar-refractivity contribution in [3.63, 3.8) is 0 Å². The predicted octanol–water partition coefficient (Wildman–Crippen LogP) is 0.142. The van der Waals surface area contributed by atoms with E-state index in [-0.39, 0.29) is 12.1 Å². The molecule has 2 aromatic heterocycles. The minimum Gasteiger partial charge on any atom is -0.369 e. The fourth-order valence-electron chi connectivity index (χ4n) is 1.76. The second-order valence-corrected chi connectivity index (χ2v) is 3.61. The van der Waals surface area contributed by atoms with Crippen molar-refractivity contribution in [2.24, 2.45) is 5.73 Å². The van der Waals surface area contributed by atoms with Gasteiger partial charge in [0.1, 0.15) is 11.6 Å². The number of hydrogen-bond donors (Lipinski definition) is 2. The van der Waals surface area contributed by atoms with Crippen LogP contribution < -0.4 is 5.73 Å². The number of nitrogens with two attached hydrogens (primary N) is 1. The van der Waals surface area contributed by atoms with Crippen molar-refractivity contribution in [3.05, 3.63) is 18.3 Å². The molecule has 1 fully saturated rings. The summed E-state index contributed by atoms with van der Waals surface area (Å²) < 4.78 is 5.49. The molecule has 1 aliphatic heterocycles. The number of hydrogen-bond acceptors (Lipinski definition) is 5. The summed E-state index contributed by atoms with van der Waals surface area (Å²) >= 11 is 0. The van der Waals surface area contributed by atoms with Gasteiger partial charge in [0.2, 0.25) is 0 Å². The first-order chi connectivity index (χ1) is 7.34. The number of rotatable bonds is 1. The highest BCUT2D eigenvalue weighted by atomic mass is 16.5. The second-order valence-electron chi connectivity index (χ2n) is 3.61. The van der Waals surface area contributed by atoms with Crippen LogP contribution in [0.25, 0.3) is 11.2 Å². The number of nitrogens with one attached hydrogen (secondary N) is 1. The molecule has 0 radical (unpaired) electrons. The Hall–Kier alpha value is -1.53. The summed E-state index contributed by atoms with van der Waals surface area (Å²) in [6.45, 7) is 0.674. The molecule has 3 N–H and O–H groups in total. The van der Waals surface area contributed by atoms with Gasteiger partial charge in [-0.3, -0.25) is 0 Å². The van der Waals surface area contributed by atoms with E-state index >= 15 is 0 Å². The van der Waals surface area contributed by atoms with Crippen LogP contribution in [0.3, 0.4) is 0 Å². The molecule has 0 bridgehead atoms. The molecule has 2 atom stereocenters. The average molecular weight is 205 g/mol. The monoisotopic (exact) mass is 205 g/mol. The fourth-order valence-corrected chi connectivity index (χ4v) is 1.76. The average Bonchev–Trinajstić information content (AvgIpc) is 2.84. The molecule has 6 nitrogen and oxygen atoms in total. The second kappa shape index (κ2) is 3.25. The summed E-state index contributed by atoms with van der Waals surface area (Å²) in [4.78, 5) is 15.5. The summed E-state index contributed by atoms with van der Waals surface area (Å²) in [5.41, 5.74) is 7.38. The van der Waals surface area contributed by atoms with Crippen LogP contribution in [0.5, 0.6) is 0 Å². The van der Waals surface area contributed by atoms with Gasteiger partial charge in [0.05, 0.1) is 12.5 Å². The Bertz CT molecular complexity index is 482. The third-order valence-electron chi connectivity index (χ3n) is 2.59. The molecule has 78 valence electrons. The molecule has 0 amide bonds. The predicted molar refractivity (Wildman–Crippen MR) is 53.0 cm³/mol. The smallest absolute Gasteiger partial charge is 0.180 e. The lowest BCUT2D eigenvalue weighted by Gasteiger charge is -2.11. The van der Waals surface area contributed by atoms with E-state index in [1.165, 1.54) is 0 Å². The minimum absolute atomic E-state index is 0.0126. The van der Waals surface area contributed by atoms with Gasteiger partial charge in [0.15, 0.2) is 11.5 Å². The lowest BCUT2D eigenvalue weighted by atomic mass is 10.1. The van der Waals surface area contributed by atoms with Crippen LogP contribution in [-0.2, 0) is 4.74 Å². The molecule has 1 aliphatic rings. The van der Waals surface area contributed by atoms with Gasteiger partial charge in [0, 0.05) is 12.6 Å². The van der Waals surface area contributed by atoms with E-state index in [9.17, 15) is 0 Å². The molecule has 1 saturated heterocycles. The van der Waals surface area contributed by atoms with Gasteiger partial charge in [-0.05, 0) is 6.42 Å². The van der Waals surface area contributed by atoms with Crippen LogP contribution in [0.15, 0.2) is 12.5 Å². The number of fused-ring (bicyclic) bond motifs is 1. The third kappa shape index (κ3) is 1.38. The van der Waals surface area contributed by atoms with E-state index in [1.54, 1.807) is 12.5 Å². The van der Waals surface area contributed by atoms with Crippen LogP contribution in [-0.4, -0.2) is 32.6 Å². The largest absolute Gasteiger partial charge is 0.369 e. The highest BCUT2D eigenvalue weighted by molar-refractivity contribution is 5.68. The molecule has 2 aromatic rings. The lowest BCUT2D eigenvalue weighted by Crippen LogP contribution is -2.24. The Labute approximate surface area is 85.9 Å². The molecular weight excluding hydrogens is 194 g/mol. The molecule has 1 unspecified atom stereocenters. The van der Waals surface area contributed by atoms with Gasteiger partial charge in [-0.15, -0.1) is 0 Å². The summed E-state index contributed by atoms with van der Waals surface area (Å²) in [6.07, 6.45) is 3.97. The standard InChI is InChI=1S/C9H11N5O/c10-5-1-2-15-7(5)9-11-3-6-8(14-9)13-4-12-6/h3-5,7H,1-2,10H2,(H,11,12,13,14)/t5-,7?/m0/s1. The third-order valence-corrected chi connectivity index (χ3v) is 2.59. The molecule has 3 heterocycles. The highest BCUT2D eigenvalue weighted by Gasteiger charge is 2.29. The van der Waals surface area contributed by atoms with E-state index in [1.807, 2.05) is 0 Å². The van der Waals surface area contributed by atoms with Crippen molar-refractivity contribution >= 4 is 11.2 Å². The summed E-state index contributed by atoms with van der Waals surface area (Å²) in [5.74, 6) is 0.625. The number of aromatic nitrogens is 4. The number of aromatic amines is 1. The lowest BCUT2D eigenvalue weighted by molar-refractivity contribution is 0.0981. The summed E-state index contributed by atoms with van der Waals surface area (Å²) in [7, 11) is 0. The van der Waals surface area contributed by atoms with E-state index < -0.39 is 0 Å². The van der Waals surface area contributed by atoms with Gasteiger partial charge < -0.3 is 15.5 Å². The molecular formula is C9H11N5O. The van der Waals surface area contributed by atoms with Gasteiger partial charge in [-0.25, -0.2) is 15.0 Å². The molecule has 3 rings (SSSR count). The molecule has 0 aliphatic carbocycles. The zero-order valence-corrected chi connectivity index (χ0v) is 8.05. The first-order valence-electron chi connectivity index (χ1n) is 4.88. The highest BCUT2D eigenvalue weighted by Crippen LogP contribution is 2.25. The van der Waals surface area contributed by atoms with Crippen molar-refractivity contribution in [2.45, 2.75) is 18.6 Å². The normalized spacial score (nSPS) is 26.2. The zero-order chi connectivity index (χ0) is 10.3. The van der Waals surface area contributed by atoms with Gasteiger partial charge in [0.25, 0.3) is 0 Å². The van der Waals surface area contributed by atoms with Crippen LogP contribution in [0.1, 0.15) is 18.3 Å². The van der Waals surface area contributed by atoms with Gasteiger partial charge >= 0.3 is 0 Å². The first-order valence-corrected chi connectivity index (χ1v) is 4.88. The number of nitrogens with zero attached hydrogens (tertiary/aromatic N) is 3. The van der Waals surface area contributed by atoms with E-state index in [0.29, 0.717) is 18.1 Å². The maximum atomic E-state index is 5.90. The number of H-pyrrole nitrogens is 1.